The number of carbonyl (C=O) groups excluding carboxylic acids is 3. The van der Waals surface area contributed by atoms with Crippen molar-refractivity contribution in [3.05, 3.63) is 23.5 Å². The lowest BCUT2D eigenvalue weighted by atomic mass is 9.87. The Morgan fingerprint density at radius 1 is 1.27 bits per heavy atom. The molecule has 0 unspecified atom stereocenters. The summed E-state index contributed by atoms with van der Waals surface area (Å²) in [6.07, 6.45) is 2.70. The molecular formula is C31H46N6O7. The molecule has 2 fully saturated rings. The molecule has 13 nitrogen and oxygen atoms in total. The molecule has 2 heterocycles. The van der Waals surface area contributed by atoms with Crippen LogP contribution in [-0.2, 0) is 34.2 Å². The predicted molar refractivity (Wildman–Crippen MR) is 162 cm³/mol. The highest BCUT2D eigenvalue weighted by atomic mass is 16.6. The van der Waals surface area contributed by atoms with Crippen LogP contribution in [-0.4, -0.2) is 71.1 Å². The van der Waals surface area contributed by atoms with Crippen molar-refractivity contribution in [1.82, 2.24) is 4.98 Å². The maximum Gasteiger partial charge on any atom is 0.323 e. The van der Waals surface area contributed by atoms with Gasteiger partial charge < -0.3 is 35.8 Å². The van der Waals surface area contributed by atoms with Crippen molar-refractivity contribution in [2.45, 2.75) is 110 Å². The standard InChI is InChI=1S/C31H46N6O7/c1-6-18(2)28(40)37-27(35-17-33)20-12-13-22(36-20)31(16-32)26(39)24(43-29(41)25(34)30(3,4)5)21(44-31)15-42-23(38)14-19-10-8-7-9-11-19/h12-13,17-19,21,24-26,36,39H,6-11,14-15,34H2,1-5H3,(H2,33,35,37,40)/t18-,21-,24-,25+,26-,31+/m1/s1. The number of nitrogens with two attached hydrogens (primary N) is 2. The minimum atomic E-state index is -2.08. The van der Waals surface area contributed by atoms with Crippen molar-refractivity contribution in [2.24, 2.45) is 38.7 Å². The third-order valence-electron chi connectivity index (χ3n) is 8.40. The number of aliphatic hydroxyl groups is 1. The Morgan fingerprint density at radius 3 is 2.55 bits per heavy atom. The second kappa shape index (κ2) is 14.9. The topological polar surface area (TPSA) is 215 Å². The maximum absolute atomic E-state index is 13.0. The molecule has 1 saturated heterocycles. The van der Waals surface area contributed by atoms with Gasteiger partial charge in [-0.15, -0.1) is 0 Å². The van der Waals surface area contributed by atoms with E-state index in [2.05, 4.69) is 15.0 Å². The number of esters is 2. The summed E-state index contributed by atoms with van der Waals surface area (Å²) in [5.41, 5.74) is 9.19. The highest BCUT2D eigenvalue weighted by Gasteiger charge is 2.59. The van der Waals surface area contributed by atoms with Gasteiger partial charge in [0.25, 0.3) is 5.91 Å². The Bertz CT molecular complexity index is 1270. The first-order valence-electron chi connectivity index (χ1n) is 15.2. The number of nitriles is 1. The second-order valence-corrected chi connectivity index (χ2v) is 12.7. The molecule has 1 aromatic rings. The summed E-state index contributed by atoms with van der Waals surface area (Å²) in [6, 6.07) is 3.93. The Morgan fingerprint density at radius 2 is 1.95 bits per heavy atom. The molecule has 2 aliphatic rings. The van der Waals surface area contributed by atoms with E-state index >= 15 is 0 Å². The number of H-pyrrole nitrogens is 1. The molecule has 1 aliphatic carbocycles. The highest BCUT2D eigenvalue weighted by molar-refractivity contribution is 6.07. The van der Waals surface area contributed by atoms with Gasteiger partial charge in [0, 0.05) is 12.3 Å². The Labute approximate surface area is 258 Å². The molecule has 13 heteroatoms. The van der Waals surface area contributed by atoms with Crippen LogP contribution in [0.4, 0.5) is 0 Å². The summed E-state index contributed by atoms with van der Waals surface area (Å²) in [7, 11) is 0. The van der Waals surface area contributed by atoms with E-state index in [1.807, 2.05) is 13.0 Å². The molecular weight excluding hydrogens is 568 g/mol. The molecule has 0 spiro atoms. The number of rotatable bonds is 10. The molecule has 1 aromatic heterocycles. The molecule has 3 rings (SSSR count). The van der Waals surface area contributed by atoms with Gasteiger partial charge in [0.15, 0.2) is 11.9 Å². The average Bonchev–Trinajstić information content (AvgIpc) is 3.59. The van der Waals surface area contributed by atoms with E-state index in [4.69, 9.17) is 25.7 Å². The number of nitrogens with zero attached hydrogens (tertiary/aromatic N) is 3. The van der Waals surface area contributed by atoms with Crippen molar-refractivity contribution < 1.29 is 33.7 Å². The van der Waals surface area contributed by atoms with Crippen LogP contribution in [0.1, 0.15) is 91.0 Å². The van der Waals surface area contributed by atoms with E-state index in [9.17, 15) is 24.8 Å². The second-order valence-electron chi connectivity index (χ2n) is 12.7. The van der Waals surface area contributed by atoms with Gasteiger partial charge in [-0.05, 0) is 42.7 Å². The van der Waals surface area contributed by atoms with E-state index in [-0.39, 0.29) is 42.1 Å². The van der Waals surface area contributed by atoms with Crippen LogP contribution < -0.4 is 11.5 Å². The number of aliphatic imine (C=N–C) groups is 2. The third kappa shape index (κ3) is 8.11. The van der Waals surface area contributed by atoms with Gasteiger partial charge >= 0.3 is 11.9 Å². The average molecular weight is 615 g/mol. The number of hydrogen-bond donors (Lipinski definition) is 4. The first-order valence-corrected chi connectivity index (χ1v) is 15.2. The largest absolute Gasteiger partial charge is 0.463 e. The van der Waals surface area contributed by atoms with E-state index in [1.54, 1.807) is 27.7 Å². The number of nitrogens with one attached hydrogen (secondary N) is 1. The molecule has 0 aromatic carbocycles. The molecule has 1 saturated carbocycles. The van der Waals surface area contributed by atoms with E-state index < -0.39 is 53.2 Å². The molecule has 6 atom stereocenters. The third-order valence-corrected chi connectivity index (χ3v) is 8.40. The van der Waals surface area contributed by atoms with Crippen LogP contribution in [0.25, 0.3) is 0 Å². The van der Waals surface area contributed by atoms with Crippen LogP contribution in [0.15, 0.2) is 22.1 Å². The van der Waals surface area contributed by atoms with Crippen molar-refractivity contribution in [3.63, 3.8) is 0 Å². The van der Waals surface area contributed by atoms with Gasteiger partial charge in [-0.25, -0.2) is 4.99 Å². The molecule has 44 heavy (non-hydrogen) atoms. The monoisotopic (exact) mass is 614 g/mol. The van der Waals surface area contributed by atoms with E-state index in [0.29, 0.717) is 6.42 Å². The van der Waals surface area contributed by atoms with Gasteiger partial charge in [0.05, 0.1) is 17.7 Å². The number of aromatic amines is 1. The van der Waals surface area contributed by atoms with Crippen LogP contribution in [0.5, 0.6) is 0 Å². The number of amidine groups is 1. The summed E-state index contributed by atoms with van der Waals surface area (Å²) >= 11 is 0. The zero-order valence-corrected chi connectivity index (χ0v) is 26.2. The molecule has 242 valence electrons. The van der Waals surface area contributed by atoms with Crippen LogP contribution >= 0.6 is 0 Å². The van der Waals surface area contributed by atoms with E-state index in [0.717, 1.165) is 38.4 Å². The zero-order valence-electron chi connectivity index (χ0n) is 26.2. The van der Waals surface area contributed by atoms with Crippen LogP contribution in [0.2, 0.25) is 0 Å². The number of aliphatic hydroxyl groups excluding tert-OH is 1. The van der Waals surface area contributed by atoms with Gasteiger partial charge in [0.1, 0.15) is 30.9 Å². The highest BCUT2D eigenvalue weighted by Crippen LogP contribution is 2.41. The molecule has 1 amide bonds. The minimum absolute atomic E-state index is 0.0306. The smallest absolute Gasteiger partial charge is 0.323 e. The Hall–Kier alpha value is -3.60. The Balaban J connectivity index is 1.91. The molecule has 0 bridgehead atoms. The maximum atomic E-state index is 13.0. The summed E-state index contributed by atoms with van der Waals surface area (Å²) in [6.45, 7) is 8.52. The summed E-state index contributed by atoms with van der Waals surface area (Å²) in [5, 5.41) is 21.9. The Kier molecular flexibility index (Phi) is 11.8. The quantitative estimate of drug-likeness (QED) is 0.172. The van der Waals surface area contributed by atoms with Gasteiger partial charge in [-0.1, -0.05) is 53.9 Å². The lowest BCUT2D eigenvalue weighted by Gasteiger charge is -2.28. The van der Waals surface area contributed by atoms with Crippen molar-refractivity contribution in [2.75, 3.05) is 6.61 Å². The molecule has 1 aliphatic heterocycles. The summed E-state index contributed by atoms with van der Waals surface area (Å²) < 4.78 is 17.3. The summed E-state index contributed by atoms with van der Waals surface area (Å²) in [5.74, 6) is -1.80. The van der Waals surface area contributed by atoms with Crippen LogP contribution in [0, 0.1) is 28.6 Å². The molecule has 6 N–H and O–H groups in total. The predicted octanol–water partition coefficient (Wildman–Crippen LogP) is 2.60. The summed E-state index contributed by atoms with van der Waals surface area (Å²) in [4.78, 5) is 49.3. The number of hydrogen-bond acceptors (Lipinski definition) is 9. The minimum Gasteiger partial charge on any atom is -0.463 e. The number of ether oxygens (including phenoxy) is 3. The fourth-order valence-electron chi connectivity index (χ4n) is 5.24. The lowest BCUT2D eigenvalue weighted by Crippen LogP contribution is -2.49. The van der Waals surface area contributed by atoms with Gasteiger partial charge in [0.2, 0.25) is 5.60 Å². The number of carbonyl (C=O) groups is 3. The van der Waals surface area contributed by atoms with Crippen molar-refractivity contribution in [3.8, 4) is 6.07 Å². The fraction of sp³-hybridized carbons (Fsp3) is 0.677. The SMILES string of the molecule is CC[C@@H](C)C(=O)N=C(N=CN)c1ccc([C@]2(C#N)O[C@H](COC(=O)CC3CCCCC3)[C@@H](OC(=O)[C@H](N)C(C)(C)C)[C@H]2O)[nH]1. The first-order chi connectivity index (χ1) is 20.8. The lowest BCUT2D eigenvalue weighted by molar-refractivity contribution is -0.163. The molecule has 0 radical (unpaired) electrons. The van der Waals surface area contributed by atoms with Crippen molar-refractivity contribution in [1.29, 1.82) is 5.26 Å². The normalized spacial score (nSPS) is 26.2. The van der Waals surface area contributed by atoms with Crippen LogP contribution in [0.3, 0.4) is 0 Å². The van der Waals surface area contributed by atoms with E-state index in [1.165, 1.54) is 12.1 Å². The fourth-order valence-corrected chi connectivity index (χ4v) is 5.24. The number of aromatic nitrogens is 1. The van der Waals surface area contributed by atoms with Gasteiger partial charge in [-0.2, -0.15) is 10.3 Å². The number of amides is 1. The van der Waals surface area contributed by atoms with Gasteiger partial charge in [-0.3, -0.25) is 14.4 Å². The van der Waals surface area contributed by atoms with Crippen molar-refractivity contribution >= 4 is 30.0 Å². The first kappa shape index (κ1) is 34.9. The zero-order chi connectivity index (χ0) is 32.7.